The number of halogens is 2. The lowest BCUT2D eigenvalue weighted by Crippen LogP contribution is -2.29. The van der Waals surface area contributed by atoms with Gasteiger partial charge in [-0.3, -0.25) is 9.20 Å². The standard InChI is InChI=1S/C16H14F2N4OS/c1-10(16-21-20-14-4-2-3-7-22(14)16)19-15(23)9-24-11-5-6-12(17)13(18)8-11/h2-8,10H,9H2,1H3,(H,19,23). The molecule has 1 N–H and O–H groups in total. The zero-order valence-electron chi connectivity index (χ0n) is 12.7. The van der Waals surface area contributed by atoms with E-state index in [0.717, 1.165) is 23.9 Å². The van der Waals surface area contributed by atoms with Crippen molar-refractivity contribution in [2.24, 2.45) is 0 Å². The molecule has 1 amide bonds. The second kappa shape index (κ2) is 6.96. The summed E-state index contributed by atoms with van der Waals surface area (Å²) in [5, 5.41) is 10.9. The molecular formula is C16H14F2N4OS. The zero-order valence-corrected chi connectivity index (χ0v) is 13.6. The fraction of sp³-hybridized carbons (Fsp3) is 0.188. The van der Waals surface area contributed by atoms with Gasteiger partial charge in [0, 0.05) is 11.1 Å². The average molecular weight is 348 g/mol. The van der Waals surface area contributed by atoms with E-state index >= 15 is 0 Å². The first kappa shape index (κ1) is 16.4. The highest BCUT2D eigenvalue weighted by molar-refractivity contribution is 8.00. The first-order valence-electron chi connectivity index (χ1n) is 7.21. The summed E-state index contributed by atoms with van der Waals surface area (Å²) in [7, 11) is 0. The molecule has 2 heterocycles. The van der Waals surface area contributed by atoms with Gasteiger partial charge in [0.25, 0.3) is 0 Å². The second-order valence-corrected chi connectivity index (χ2v) is 6.19. The Morgan fingerprint density at radius 2 is 2.08 bits per heavy atom. The SMILES string of the molecule is CC(NC(=O)CSc1ccc(F)c(F)c1)c1nnc2ccccn12. The molecule has 3 aromatic rings. The summed E-state index contributed by atoms with van der Waals surface area (Å²) in [5.41, 5.74) is 0.699. The number of hydrogen-bond donors (Lipinski definition) is 1. The van der Waals surface area contributed by atoms with Crippen molar-refractivity contribution in [3.63, 3.8) is 0 Å². The predicted octanol–water partition coefficient (Wildman–Crippen LogP) is 2.98. The molecule has 0 spiro atoms. The second-order valence-electron chi connectivity index (χ2n) is 5.14. The van der Waals surface area contributed by atoms with Crippen molar-refractivity contribution in [2.75, 3.05) is 5.75 Å². The Labute approximate surface area is 141 Å². The maximum atomic E-state index is 13.1. The van der Waals surface area contributed by atoms with Gasteiger partial charge >= 0.3 is 0 Å². The van der Waals surface area contributed by atoms with Gasteiger partial charge in [0.2, 0.25) is 5.91 Å². The molecule has 0 bridgehead atoms. The molecular weight excluding hydrogens is 334 g/mol. The minimum absolute atomic E-state index is 0.0894. The molecule has 1 unspecified atom stereocenters. The lowest BCUT2D eigenvalue weighted by atomic mass is 10.3. The van der Waals surface area contributed by atoms with Crippen LogP contribution >= 0.6 is 11.8 Å². The molecule has 0 fully saturated rings. The fourth-order valence-electron chi connectivity index (χ4n) is 2.22. The number of carbonyl (C=O) groups excluding carboxylic acids is 1. The summed E-state index contributed by atoms with van der Waals surface area (Å²) in [6, 6.07) is 8.75. The van der Waals surface area contributed by atoms with Crippen LogP contribution in [-0.4, -0.2) is 26.3 Å². The fourth-order valence-corrected chi connectivity index (χ4v) is 2.95. The third-order valence-corrected chi connectivity index (χ3v) is 4.36. The minimum Gasteiger partial charge on any atom is -0.346 e. The number of amides is 1. The van der Waals surface area contributed by atoms with Crippen LogP contribution in [0, 0.1) is 11.6 Å². The Hall–Kier alpha value is -2.48. The number of hydrogen-bond acceptors (Lipinski definition) is 4. The predicted molar refractivity (Wildman–Crippen MR) is 86.6 cm³/mol. The van der Waals surface area contributed by atoms with Gasteiger partial charge in [-0.1, -0.05) is 6.07 Å². The minimum atomic E-state index is -0.927. The van der Waals surface area contributed by atoms with Crippen LogP contribution in [0.5, 0.6) is 0 Å². The molecule has 0 aliphatic heterocycles. The lowest BCUT2D eigenvalue weighted by molar-refractivity contribution is -0.119. The van der Waals surface area contributed by atoms with Crippen molar-refractivity contribution in [1.82, 2.24) is 19.9 Å². The quantitative estimate of drug-likeness (QED) is 0.720. The molecule has 0 radical (unpaired) electrons. The van der Waals surface area contributed by atoms with E-state index in [4.69, 9.17) is 0 Å². The van der Waals surface area contributed by atoms with Crippen molar-refractivity contribution in [1.29, 1.82) is 0 Å². The van der Waals surface area contributed by atoms with Gasteiger partial charge < -0.3 is 5.32 Å². The van der Waals surface area contributed by atoms with Crippen molar-refractivity contribution in [2.45, 2.75) is 17.9 Å². The van der Waals surface area contributed by atoms with E-state index in [1.165, 1.54) is 6.07 Å². The number of carbonyl (C=O) groups is 1. The topological polar surface area (TPSA) is 59.3 Å². The van der Waals surface area contributed by atoms with Crippen LogP contribution < -0.4 is 5.32 Å². The van der Waals surface area contributed by atoms with Gasteiger partial charge in [-0.2, -0.15) is 0 Å². The number of fused-ring (bicyclic) bond motifs is 1. The maximum absolute atomic E-state index is 13.1. The van der Waals surface area contributed by atoms with E-state index in [0.29, 0.717) is 16.4 Å². The molecule has 124 valence electrons. The highest BCUT2D eigenvalue weighted by Gasteiger charge is 2.16. The maximum Gasteiger partial charge on any atom is 0.230 e. The highest BCUT2D eigenvalue weighted by Crippen LogP contribution is 2.20. The Balaban J connectivity index is 1.61. The van der Waals surface area contributed by atoms with Crippen LogP contribution in [0.15, 0.2) is 47.5 Å². The third kappa shape index (κ3) is 3.53. The van der Waals surface area contributed by atoms with Crippen LogP contribution in [0.1, 0.15) is 18.8 Å². The number of rotatable bonds is 5. The van der Waals surface area contributed by atoms with Gasteiger partial charge in [-0.25, -0.2) is 8.78 Å². The van der Waals surface area contributed by atoms with Gasteiger partial charge in [0.1, 0.15) is 0 Å². The Morgan fingerprint density at radius 3 is 2.88 bits per heavy atom. The van der Waals surface area contributed by atoms with Crippen LogP contribution in [0.2, 0.25) is 0 Å². The average Bonchev–Trinajstić information content (AvgIpc) is 3.00. The first-order chi connectivity index (χ1) is 11.5. The number of nitrogens with zero attached hydrogens (tertiary/aromatic N) is 3. The summed E-state index contributed by atoms with van der Waals surface area (Å²) < 4.78 is 27.8. The highest BCUT2D eigenvalue weighted by atomic mass is 32.2. The van der Waals surface area contributed by atoms with E-state index in [-0.39, 0.29) is 17.7 Å². The molecule has 3 rings (SSSR count). The summed E-state index contributed by atoms with van der Waals surface area (Å²) in [6.07, 6.45) is 1.82. The number of benzene rings is 1. The smallest absolute Gasteiger partial charge is 0.230 e. The number of aromatic nitrogens is 3. The number of pyridine rings is 1. The summed E-state index contributed by atoms with van der Waals surface area (Å²) >= 11 is 1.13. The van der Waals surface area contributed by atoms with E-state index in [2.05, 4.69) is 15.5 Å². The Kier molecular flexibility index (Phi) is 4.75. The van der Waals surface area contributed by atoms with Crippen LogP contribution in [0.3, 0.4) is 0 Å². The molecule has 8 heteroatoms. The third-order valence-electron chi connectivity index (χ3n) is 3.37. The summed E-state index contributed by atoms with van der Waals surface area (Å²) in [5.74, 6) is -1.35. The molecule has 0 aliphatic rings. The van der Waals surface area contributed by atoms with E-state index in [1.807, 2.05) is 31.3 Å². The number of thioether (sulfide) groups is 1. The van der Waals surface area contributed by atoms with E-state index < -0.39 is 11.6 Å². The first-order valence-corrected chi connectivity index (χ1v) is 8.20. The van der Waals surface area contributed by atoms with Gasteiger partial charge in [-0.15, -0.1) is 22.0 Å². The van der Waals surface area contributed by atoms with Crippen molar-refractivity contribution >= 4 is 23.3 Å². The Bertz CT molecular complexity index is 883. The molecule has 2 aromatic heterocycles. The molecule has 0 saturated heterocycles. The molecule has 24 heavy (non-hydrogen) atoms. The molecule has 5 nitrogen and oxygen atoms in total. The van der Waals surface area contributed by atoms with Crippen molar-refractivity contribution < 1.29 is 13.6 Å². The van der Waals surface area contributed by atoms with Crippen molar-refractivity contribution in [3.8, 4) is 0 Å². The molecule has 0 aliphatic carbocycles. The molecule has 1 aromatic carbocycles. The normalized spacial score (nSPS) is 12.3. The van der Waals surface area contributed by atoms with Crippen LogP contribution in [0.4, 0.5) is 8.78 Å². The van der Waals surface area contributed by atoms with E-state index in [1.54, 1.807) is 4.40 Å². The van der Waals surface area contributed by atoms with Gasteiger partial charge in [0.15, 0.2) is 23.1 Å². The van der Waals surface area contributed by atoms with E-state index in [9.17, 15) is 13.6 Å². The van der Waals surface area contributed by atoms with Gasteiger partial charge in [0.05, 0.1) is 11.8 Å². The Morgan fingerprint density at radius 1 is 1.25 bits per heavy atom. The number of nitrogens with one attached hydrogen (secondary N) is 1. The van der Waals surface area contributed by atoms with Crippen molar-refractivity contribution in [3.05, 3.63) is 60.1 Å². The largest absolute Gasteiger partial charge is 0.346 e. The monoisotopic (exact) mass is 348 g/mol. The van der Waals surface area contributed by atoms with Gasteiger partial charge in [-0.05, 0) is 37.3 Å². The molecule has 0 saturated carbocycles. The lowest BCUT2D eigenvalue weighted by Gasteiger charge is -2.12. The zero-order chi connectivity index (χ0) is 17.1. The van der Waals surface area contributed by atoms with Crippen LogP contribution in [0.25, 0.3) is 5.65 Å². The summed E-state index contributed by atoms with van der Waals surface area (Å²) in [6.45, 7) is 1.81. The molecule has 1 atom stereocenters. The summed E-state index contributed by atoms with van der Waals surface area (Å²) in [4.78, 5) is 12.5. The van der Waals surface area contributed by atoms with Crippen LogP contribution in [-0.2, 0) is 4.79 Å².